The summed E-state index contributed by atoms with van der Waals surface area (Å²) < 4.78 is 28.1. The van der Waals surface area contributed by atoms with Crippen LogP contribution in [0, 0.1) is 25.2 Å². The summed E-state index contributed by atoms with van der Waals surface area (Å²) in [6.07, 6.45) is 0. The fourth-order valence-electron chi connectivity index (χ4n) is 4.45. The van der Waals surface area contributed by atoms with E-state index in [0.29, 0.717) is 33.4 Å². The van der Waals surface area contributed by atoms with Gasteiger partial charge in [0.15, 0.2) is 0 Å². The number of sulfonamides is 1. The van der Waals surface area contributed by atoms with E-state index in [1.54, 1.807) is 26.8 Å². The molecule has 0 spiro atoms. The van der Waals surface area contributed by atoms with E-state index in [9.17, 15) is 18.5 Å². The largest absolute Gasteiger partial charge is 0.325 e. The lowest BCUT2D eigenvalue weighted by Gasteiger charge is -2.16. The van der Waals surface area contributed by atoms with E-state index in [4.69, 9.17) is 4.98 Å². The molecule has 11 heteroatoms. The first kappa shape index (κ1) is 30.4. The van der Waals surface area contributed by atoms with Crippen LogP contribution in [0.15, 0.2) is 107 Å². The lowest BCUT2D eigenvalue weighted by molar-refractivity contribution is -0.115. The van der Waals surface area contributed by atoms with Crippen molar-refractivity contribution in [1.29, 1.82) is 5.26 Å². The Hall–Kier alpha value is -5.05. The van der Waals surface area contributed by atoms with E-state index in [1.165, 1.54) is 36.0 Å². The highest BCUT2D eigenvalue weighted by atomic mass is 32.2. The number of aromatic nitrogens is 3. The van der Waals surface area contributed by atoms with Crippen LogP contribution in [0.4, 0.5) is 11.6 Å². The Bertz CT molecular complexity index is 1940. The number of anilines is 2. The van der Waals surface area contributed by atoms with Crippen LogP contribution in [0.5, 0.6) is 0 Å². The van der Waals surface area contributed by atoms with Crippen molar-refractivity contribution in [3.05, 3.63) is 114 Å². The minimum Gasteiger partial charge on any atom is -0.325 e. The molecule has 0 radical (unpaired) electrons. The maximum Gasteiger partial charge on any atom is 0.264 e. The Kier molecular flexibility index (Phi) is 9.04. The lowest BCUT2D eigenvalue weighted by atomic mass is 9.99. The first-order chi connectivity index (χ1) is 21.1. The van der Waals surface area contributed by atoms with Crippen LogP contribution < -0.4 is 10.0 Å². The number of rotatable bonds is 9. The average molecular weight is 621 g/mol. The molecular formula is C33H28N6O3S2. The Morgan fingerprint density at radius 3 is 2.02 bits per heavy atom. The highest BCUT2D eigenvalue weighted by molar-refractivity contribution is 8.00. The molecule has 5 rings (SSSR count). The van der Waals surface area contributed by atoms with Crippen LogP contribution in [-0.2, 0) is 14.8 Å². The number of aryl methyl sites for hydroxylation is 2. The predicted octanol–water partition coefficient (Wildman–Crippen LogP) is 6.61. The quantitative estimate of drug-likeness (QED) is 0.176. The maximum absolute atomic E-state index is 13.2. The van der Waals surface area contributed by atoms with Crippen LogP contribution in [0.3, 0.4) is 0 Å². The van der Waals surface area contributed by atoms with E-state index in [0.717, 1.165) is 16.7 Å². The summed E-state index contributed by atoms with van der Waals surface area (Å²) in [6.45, 7) is 5.23. The van der Waals surface area contributed by atoms with Gasteiger partial charge in [-0.05, 0) is 62.7 Å². The highest BCUT2D eigenvalue weighted by Crippen LogP contribution is 2.36. The molecule has 0 saturated carbocycles. The van der Waals surface area contributed by atoms with Gasteiger partial charge in [-0.15, -0.1) is 0 Å². The van der Waals surface area contributed by atoms with Gasteiger partial charge in [0.05, 0.1) is 21.4 Å². The molecular weight excluding hydrogens is 593 g/mol. The normalized spacial score (nSPS) is 11.8. The van der Waals surface area contributed by atoms with Crippen LogP contribution in [-0.4, -0.2) is 34.5 Å². The van der Waals surface area contributed by atoms with Crippen molar-refractivity contribution >= 4 is 39.3 Å². The van der Waals surface area contributed by atoms with Gasteiger partial charge in [0, 0.05) is 28.2 Å². The molecule has 2 aromatic heterocycles. The van der Waals surface area contributed by atoms with Crippen molar-refractivity contribution in [3.63, 3.8) is 0 Å². The fraction of sp³-hybridized carbons (Fsp3) is 0.121. The molecule has 5 aromatic rings. The number of nitrogens with one attached hydrogen (secondary N) is 2. The molecule has 0 aliphatic carbocycles. The molecule has 1 unspecified atom stereocenters. The summed E-state index contributed by atoms with van der Waals surface area (Å²) in [5.74, 6) is -0.340. The summed E-state index contributed by atoms with van der Waals surface area (Å²) in [6, 6.07) is 31.0. The van der Waals surface area contributed by atoms with Crippen molar-refractivity contribution < 1.29 is 13.2 Å². The summed E-state index contributed by atoms with van der Waals surface area (Å²) >= 11 is 1.19. The van der Waals surface area contributed by atoms with Crippen molar-refractivity contribution in [2.45, 2.75) is 35.9 Å². The predicted molar refractivity (Wildman–Crippen MR) is 173 cm³/mol. The molecule has 9 nitrogen and oxygen atoms in total. The van der Waals surface area contributed by atoms with Crippen LogP contribution in [0.1, 0.15) is 23.9 Å². The van der Waals surface area contributed by atoms with Gasteiger partial charge in [-0.1, -0.05) is 72.4 Å². The van der Waals surface area contributed by atoms with Crippen molar-refractivity contribution in [1.82, 2.24) is 15.0 Å². The number of hydrogen-bond donors (Lipinski definition) is 2. The summed E-state index contributed by atoms with van der Waals surface area (Å²) in [5, 5.41) is 12.8. The third-order valence-corrected chi connectivity index (χ3v) is 8.98. The number of carbonyl (C=O) groups excluding carboxylic acids is 1. The van der Waals surface area contributed by atoms with Gasteiger partial charge in [-0.2, -0.15) is 5.26 Å². The number of nitriles is 1. The van der Waals surface area contributed by atoms with E-state index in [1.807, 2.05) is 66.7 Å². The molecule has 2 N–H and O–H groups in total. The van der Waals surface area contributed by atoms with Gasteiger partial charge >= 0.3 is 0 Å². The van der Waals surface area contributed by atoms with Crippen LogP contribution in [0.2, 0.25) is 0 Å². The number of carbonyl (C=O) groups is 1. The molecule has 0 fully saturated rings. The molecule has 0 bridgehead atoms. The molecule has 2 heterocycles. The zero-order valence-electron chi connectivity index (χ0n) is 24.1. The average Bonchev–Trinajstić information content (AvgIpc) is 3.01. The molecule has 1 atom stereocenters. The molecule has 44 heavy (non-hydrogen) atoms. The highest BCUT2D eigenvalue weighted by Gasteiger charge is 2.22. The summed E-state index contributed by atoms with van der Waals surface area (Å²) in [7, 11) is -3.94. The van der Waals surface area contributed by atoms with Crippen molar-refractivity contribution in [2.24, 2.45) is 0 Å². The fourth-order valence-corrected chi connectivity index (χ4v) is 6.32. The Morgan fingerprint density at radius 2 is 1.43 bits per heavy atom. The van der Waals surface area contributed by atoms with Gasteiger partial charge in [0.25, 0.3) is 10.0 Å². The van der Waals surface area contributed by atoms with E-state index in [2.05, 4.69) is 26.1 Å². The minimum absolute atomic E-state index is 0.00490. The van der Waals surface area contributed by atoms with Crippen molar-refractivity contribution in [3.8, 4) is 28.5 Å². The standard InChI is InChI=1S/C33H28N6O3S2/c1-21-18-22(2)36-33(35-21)39-44(41,42)27-16-14-26(15-17-27)37-31(40)23(3)43-32-29(20-34)28(24-10-6-4-7-11-24)19-30(38-32)25-12-8-5-9-13-25/h4-19,23H,1-3H3,(H,37,40)(H,35,36,39). The smallest absolute Gasteiger partial charge is 0.264 e. The zero-order valence-corrected chi connectivity index (χ0v) is 25.8. The first-order valence-electron chi connectivity index (χ1n) is 13.6. The molecule has 220 valence electrons. The van der Waals surface area contributed by atoms with Crippen molar-refractivity contribution in [2.75, 3.05) is 10.0 Å². The lowest BCUT2D eigenvalue weighted by Crippen LogP contribution is -2.23. The number of hydrogen-bond acceptors (Lipinski definition) is 8. The molecule has 1 amide bonds. The van der Waals surface area contributed by atoms with E-state index < -0.39 is 15.3 Å². The third-order valence-electron chi connectivity index (χ3n) is 6.55. The van der Waals surface area contributed by atoms with Gasteiger partial charge in [0.1, 0.15) is 11.1 Å². The van der Waals surface area contributed by atoms with Gasteiger partial charge < -0.3 is 5.32 Å². The van der Waals surface area contributed by atoms with Gasteiger partial charge in [-0.25, -0.2) is 28.1 Å². The number of nitrogens with zero attached hydrogens (tertiary/aromatic N) is 4. The SMILES string of the molecule is Cc1cc(C)nc(NS(=O)(=O)c2ccc(NC(=O)C(C)Sc3nc(-c4ccccc4)cc(-c4ccccc4)c3C#N)cc2)n1. The second-order valence-corrected chi connectivity index (χ2v) is 12.9. The third kappa shape index (κ3) is 7.11. The first-order valence-corrected chi connectivity index (χ1v) is 16.0. The topological polar surface area (TPSA) is 138 Å². The Labute approximate surface area is 260 Å². The number of benzene rings is 3. The summed E-state index contributed by atoms with van der Waals surface area (Å²) in [5.41, 5.74) is 5.26. The van der Waals surface area contributed by atoms with Gasteiger partial charge in [-0.3, -0.25) is 4.79 Å². The summed E-state index contributed by atoms with van der Waals surface area (Å²) in [4.78, 5) is 26.3. The molecule has 0 aliphatic rings. The molecule has 0 aliphatic heterocycles. The monoisotopic (exact) mass is 620 g/mol. The number of amides is 1. The van der Waals surface area contributed by atoms with E-state index >= 15 is 0 Å². The van der Waals surface area contributed by atoms with E-state index in [-0.39, 0.29) is 16.8 Å². The Morgan fingerprint density at radius 1 is 0.841 bits per heavy atom. The maximum atomic E-state index is 13.2. The molecule has 3 aromatic carbocycles. The zero-order chi connectivity index (χ0) is 31.3. The second-order valence-electron chi connectivity index (χ2n) is 9.93. The molecule has 0 saturated heterocycles. The van der Waals surface area contributed by atoms with Gasteiger partial charge in [0.2, 0.25) is 11.9 Å². The van der Waals surface area contributed by atoms with Crippen LogP contribution >= 0.6 is 11.8 Å². The number of pyridine rings is 1. The van der Waals surface area contributed by atoms with Crippen LogP contribution in [0.25, 0.3) is 22.4 Å². The second kappa shape index (κ2) is 13.1. The minimum atomic E-state index is -3.94. The number of thioether (sulfide) groups is 1. The Balaban J connectivity index is 1.35.